The second-order valence-corrected chi connectivity index (χ2v) is 6.33. The molecule has 0 bridgehead atoms. The summed E-state index contributed by atoms with van der Waals surface area (Å²) in [5.41, 5.74) is -0.128. The molecule has 7 heteroatoms. The highest BCUT2D eigenvalue weighted by molar-refractivity contribution is 7.08. The summed E-state index contributed by atoms with van der Waals surface area (Å²) < 4.78 is 13.2. The van der Waals surface area contributed by atoms with Crippen LogP contribution in [0.15, 0.2) is 41.1 Å². The zero-order valence-corrected chi connectivity index (χ0v) is 13.1. The monoisotopic (exact) mass is 334 g/mol. The van der Waals surface area contributed by atoms with Crippen LogP contribution >= 0.6 is 11.3 Å². The third-order valence-corrected chi connectivity index (χ3v) is 4.65. The summed E-state index contributed by atoms with van der Waals surface area (Å²) in [5.74, 6) is -0.918. The molecule has 1 aliphatic rings. The summed E-state index contributed by atoms with van der Waals surface area (Å²) in [6, 6.07) is 6.66. The van der Waals surface area contributed by atoms with E-state index < -0.39 is 29.4 Å². The van der Waals surface area contributed by atoms with Gasteiger partial charge in [0.15, 0.2) is 0 Å². The zero-order valence-electron chi connectivity index (χ0n) is 12.3. The van der Waals surface area contributed by atoms with E-state index >= 15 is 0 Å². The number of halogens is 1. The molecular formula is C16H15FN2O3S. The maximum Gasteiger partial charge on any atom is 0.325 e. The number of rotatable bonds is 4. The molecule has 1 saturated heterocycles. The van der Waals surface area contributed by atoms with Crippen molar-refractivity contribution < 1.29 is 19.1 Å². The Morgan fingerprint density at radius 3 is 2.83 bits per heavy atom. The Morgan fingerprint density at radius 2 is 2.17 bits per heavy atom. The zero-order chi connectivity index (χ0) is 16.6. The molecule has 120 valence electrons. The Balaban J connectivity index is 1.81. The molecule has 3 amide bonds. The van der Waals surface area contributed by atoms with E-state index in [4.69, 9.17) is 0 Å². The van der Waals surface area contributed by atoms with Crippen molar-refractivity contribution in [1.82, 2.24) is 10.2 Å². The number of hydrogen-bond donors (Lipinski definition) is 2. The van der Waals surface area contributed by atoms with Gasteiger partial charge in [-0.15, -0.1) is 0 Å². The number of aliphatic hydroxyl groups excluding tert-OH is 1. The highest BCUT2D eigenvalue weighted by atomic mass is 32.1. The molecule has 2 N–H and O–H groups in total. The van der Waals surface area contributed by atoms with Crippen LogP contribution in [0.5, 0.6) is 0 Å². The standard InChI is InChI=1S/C16H15FN2O3S/c1-16(11-5-6-23-9-11)14(21)19(15(22)18-16)8-13(20)10-3-2-4-12(17)7-10/h2-7,9,13,20H,8H2,1H3,(H,18,22)/t13-,16-/m1/s1. The molecule has 0 unspecified atom stereocenters. The quantitative estimate of drug-likeness (QED) is 0.844. The van der Waals surface area contributed by atoms with Crippen LogP contribution in [0.1, 0.15) is 24.2 Å². The normalized spacial score (nSPS) is 22.3. The van der Waals surface area contributed by atoms with Crippen LogP contribution in [-0.4, -0.2) is 28.5 Å². The highest BCUT2D eigenvalue weighted by Gasteiger charge is 2.49. The minimum atomic E-state index is -1.15. The molecular weight excluding hydrogens is 319 g/mol. The predicted molar refractivity (Wildman–Crippen MR) is 83.3 cm³/mol. The molecule has 3 rings (SSSR count). The Kier molecular flexibility index (Phi) is 3.91. The van der Waals surface area contributed by atoms with Crippen LogP contribution in [0, 0.1) is 5.82 Å². The van der Waals surface area contributed by atoms with Gasteiger partial charge in [0, 0.05) is 0 Å². The second-order valence-electron chi connectivity index (χ2n) is 5.55. The van der Waals surface area contributed by atoms with Gasteiger partial charge in [-0.3, -0.25) is 9.69 Å². The second kappa shape index (κ2) is 5.75. The molecule has 2 aromatic rings. The minimum Gasteiger partial charge on any atom is -0.387 e. The van der Waals surface area contributed by atoms with E-state index in [2.05, 4.69) is 5.32 Å². The van der Waals surface area contributed by atoms with Gasteiger partial charge in [-0.2, -0.15) is 11.3 Å². The SMILES string of the molecule is C[C@]1(c2ccsc2)NC(=O)N(C[C@@H](O)c2cccc(F)c2)C1=O. The minimum absolute atomic E-state index is 0.228. The molecule has 2 heterocycles. The number of nitrogens with one attached hydrogen (secondary N) is 1. The topological polar surface area (TPSA) is 69.6 Å². The Labute approximate surface area is 136 Å². The number of benzene rings is 1. The Hall–Kier alpha value is -2.25. The van der Waals surface area contributed by atoms with E-state index in [1.54, 1.807) is 24.4 Å². The van der Waals surface area contributed by atoms with E-state index in [1.165, 1.54) is 29.5 Å². The molecule has 2 atom stereocenters. The van der Waals surface area contributed by atoms with Gasteiger partial charge in [-0.05, 0) is 47.0 Å². The lowest BCUT2D eigenvalue weighted by atomic mass is 9.95. The molecule has 1 fully saturated rings. The number of β-amino-alcohol motifs (C(OH)–C–C–N with tert-alkyl or cyclic N) is 1. The van der Waals surface area contributed by atoms with Crippen molar-refractivity contribution in [3.8, 4) is 0 Å². The van der Waals surface area contributed by atoms with Gasteiger partial charge >= 0.3 is 6.03 Å². The van der Waals surface area contributed by atoms with Crippen LogP contribution < -0.4 is 5.32 Å². The summed E-state index contributed by atoms with van der Waals surface area (Å²) in [6.07, 6.45) is -1.15. The average Bonchev–Trinajstić information content (AvgIpc) is 3.12. The fourth-order valence-electron chi connectivity index (χ4n) is 2.60. The van der Waals surface area contributed by atoms with E-state index in [0.29, 0.717) is 11.1 Å². The van der Waals surface area contributed by atoms with Crippen molar-refractivity contribution in [3.63, 3.8) is 0 Å². The van der Waals surface area contributed by atoms with Crippen molar-refractivity contribution in [2.24, 2.45) is 0 Å². The largest absolute Gasteiger partial charge is 0.387 e. The fraction of sp³-hybridized carbons (Fsp3) is 0.250. The predicted octanol–water partition coefficient (Wildman–Crippen LogP) is 2.39. The van der Waals surface area contributed by atoms with Crippen LogP contribution in [0.25, 0.3) is 0 Å². The first-order valence-electron chi connectivity index (χ1n) is 7.02. The highest BCUT2D eigenvalue weighted by Crippen LogP contribution is 2.31. The number of hydrogen-bond acceptors (Lipinski definition) is 4. The van der Waals surface area contributed by atoms with Crippen molar-refractivity contribution in [1.29, 1.82) is 0 Å². The molecule has 0 spiro atoms. The lowest BCUT2D eigenvalue weighted by Gasteiger charge is -2.22. The molecule has 23 heavy (non-hydrogen) atoms. The summed E-state index contributed by atoms with van der Waals surface area (Å²) in [5, 5.41) is 16.5. The van der Waals surface area contributed by atoms with Gasteiger partial charge in [0.05, 0.1) is 12.6 Å². The number of imide groups is 1. The van der Waals surface area contributed by atoms with Crippen LogP contribution in [0.2, 0.25) is 0 Å². The van der Waals surface area contributed by atoms with Gasteiger partial charge in [0.1, 0.15) is 11.4 Å². The third-order valence-electron chi connectivity index (χ3n) is 3.96. The molecule has 1 aromatic carbocycles. The molecule has 1 aliphatic heterocycles. The van der Waals surface area contributed by atoms with Crippen LogP contribution in [0.3, 0.4) is 0 Å². The smallest absolute Gasteiger partial charge is 0.325 e. The first-order chi connectivity index (χ1) is 10.9. The third kappa shape index (κ3) is 2.73. The van der Waals surface area contributed by atoms with Crippen molar-refractivity contribution in [3.05, 3.63) is 58.0 Å². The van der Waals surface area contributed by atoms with E-state index in [1.807, 2.05) is 5.38 Å². The van der Waals surface area contributed by atoms with Crippen LogP contribution in [0.4, 0.5) is 9.18 Å². The number of aliphatic hydroxyl groups is 1. The van der Waals surface area contributed by atoms with Gasteiger partial charge in [0.2, 0.25) is 0 Å². The Bertz CT molecular complexity index is 750. The van der Waals surface area contributed by atoms with E-state index in [9.17, 15) is 19.1 Å². The van der Waals surface area contributed by atoms with Gasteiger partial charge in [0.25, 0.3) is 5.91 Å². The number of thiophene rings is 1. The van der Waals surface area contributed by atoms with Crippen LogP contribution in [-0.2, 0) is 10.3 Å². The van der Waals surface area contributed by atoms with E-state index in [-0.39, 0.29) is 6.54 Å². The summed E-state index contributed by atoms with van der Waals surface area (Å²) >= 11 is 1.43. The van der Waals surface area contributed by atoms with Crippen molar-refractivity contribution in [2.45, 2.75) is 18.6 Å². The van der Waals surface area contributed by atoms with Crippen molar-refractivity contribution >= 4 is 23.3 Å². The average molecular weight is 334 g/mol. The maximum atomic E-state index is 13.2. The number of urea groups is 1. The number of amides is 3. The van der Waals surface area contributed by atoms with Gasteiger partial charge in [-0.1, -0.05) is 12.1 Å². The van der Waals surface area contributed by atoms with Gasteiger partial charge in [-0.25, -0.2) is 9.18 Å². The maximum absolute atomic E-state index is 13.2. The lowest BCUT2D eigenvalue weighted by molar-refractivity contribution is -0.132. The first-order valence-corrected chi connectivity index (χ1v) is 7.96. The van der Waals surface area contributed by atoms with E-state index in [0.717, 1.165) is 4.90 Å². The fourth-order valence-corrected chi connectivity index (χ4v) is 3.36. The number of carbonyl (C=O) groups excluding carboxylic acids is 2. The summed E-state index contributed by atoms with van der Waals surface area (Å²) in [7, 11) is 0. The first kappa shape index (κ1) is 15.6. The summed E-state index contributed by atoms with van der Waals surface area (Å²) in [6.45, 7) is 1.40. The molecule has 0 aliphatic carbocycles. The number of carbonyl (C=O) groups is 2. The summed E-state index contributed by atoms with van der Waals surface area (Å²) in [4.78, 5) is 25.7. The van der Waals surface area contributed by atoms with Crippen molar-refractivity contribution in [2.75, 3.05) is 6.54 Å². The molecule has 5 nitrogen and oxygen atoms in total. The molecule has 1 aromatic heterocycles. The number of nitrogens with zero attached hydrogens (tertiary/aromatic N) is 1. The Morgan fingerprint density at radius 1 is 1.39 bits per heavy atom. The molecule has 0 saturated carbocycles. The lowest BCUT2D eigenvalue weighted by Crippen LogP contribution is -2.41. The van der Waals surface area contributed by atoms with Gasteiger partial charge < -0.3 is 10.4 Å². The molecule has 0 radical (unpaired) electrons.